The van der Waals surface area contributed by atoms with E-state index in [2.05, 4.69) is 19.2 Å². The lowest BCUT2D eigenvalue weighted by Gasteiger charge is -2.35. The Morgan fingerprint density at radius 1 is 1.30 bits per heavy atom. The van der Waals surface area contributed by atoms with Gasteiger partial charge < -0.3 is 11.1 Å². The number of benzene rings is 1. The first-order chi connectivity index (χ1) is 9.48. The zero-order chi connectivity index (χ0) is 14.6. The maximum Gasteiger partial charge on any atom is 0.224 e. The lowest BCUT2D eigenvalue weighted by molar-refractivity contribution is -0.121. The van der Waals surface area contributed by atoms with Crippen molar-refractivity contribution >= 4 is 5.91 Å². The molecule has 1 amide bonds. The fourth-order valence-electron chi connectivity index (χ4n) is 3.08. The predicted molar refractivity (Wildman–Crippen MR) is 82.2 cm³/mol. The number of hydrogen-bond donors (Lipinski definition) is 2. The molecule has 1 unspecified atom stereocenters. The smallest absolute Gasteiger partial charge is 0.224 e. The molecule has 0 radical (unpaired) electrons. The van der Waals surface area contributed by atoms with E-state index in [1.165, 1.54) is 12.8 Å². The summed E-state index contributed by atoms with van der Waals surface area (Å²) in [4.78, 5) is 12.1. The molecule has 3 heteroatoms. The van der Waals surface area contributed by atoms with Crippen molar-refractivity contribution in [2.45, 2.75) is 58.5 Å². The average Bonchev–Trinajstić information content (AvgIpc) is 2.38. The number of nitrogens with two attached hydrogens (primary N) is 1. The summed E-state index contributed by atoms with van der Waals surface area (Å²) in [7, 11) is 0. The highest BCUT2D eigenvalue weighted by atomic mass is 16.1. The van der Waals surface area contributed by atoms with E-state index in [1.54, 1.807) is 0 Å². The van der Waals surface area contributed by atoms with Gasteiger partial charge in [0.2, 0.25) is 5.91 Å². The summed E-state index contributed by atoms with van der Waals surface area (Å²) in [5.41, 5.74) is 8.08. The van der Waals surface area contributed by atoms with E-state index < -0.39 is 0 Å². The summed E-state index contributed by atoms with van der Waals surface area (Å²) in [6, 6.07) is 8.31. The van der Waals surface area contributed by atoms with Crippen molar-refractivity contribution in [2.75, 3.05) is 0 Å². The van der Waals surface area contributed by atoms with Crippen LogP contribution in [0, 0.1) is 5.41 Å². The number of amides is 1. The Kier molecular flexibility index (Phi) is 4.81. The van der Waals surface area contributed by atoms with Crippen molar-refractivity contribution in [2.24, 2.45) is 11.1 Å². The number of carbonyl (C=O) groups is 1. The maximum atomic E-state index is 12.1. The van der Waals surface area contributed by atoms with Crippen LogP contribution in [0.5, 0.6) is 0 Å². The van der Waals surface area contributed by atoms with Crippen molar-refractivity contribution in [3.63, 3.8) is 0 Å². The normalized spacial score (nSPS) is 21.4. The summed E-state index contributed by atoms with van der Waals surface area (Å²) >= 11 is 0. The summed E-state index contributed by atoms with van der Waals surface area (Å²) in [6.45, 7) is 5.12. The molecule has 110 valence electrons. The summed E-state index contributed by atoms with van der Waals surface area (Å²) in [5.74, 6) is 0.133. The highest BCUT2D eigenvalue weighted by molar-refractivity contribution is 5.78. The average molecular weight is 274 g/mol. The monoisotopic (exact) mass is 274 g/mol. The third kappa shape index (κ3) is 4.34. The number of hydrogen-bond acceptors (Lipinski definition) is 2. The molecule has 1 aromatic carbocycles. The van der Waals surface area contributed by atoms with Gasteiger partial charge in [0, 0.05) is 12.6 Å². The van der Waals surface area contributed by atoms with Crippen LogP contribution in [0.1, 0.15) is 50.7 Å². The lowest BCUT2D eigenvalue weighted by Crippen LogP contribution is -2.41. The second kappa shape index (κ2) is 6.40. The van der Waals surface area contributed by atoms with E-state index in [0.29, 0.717) is 24.4 Å². The third-order valence-corrected chi connectivity index (χ3v) is 4.19. The molecular weight excluding hydrogens is 248 g/mol. The van der Waals surface area contributed by atoms with Crippen molar-refractivity contribution in [3.05, 3.63) is 35.4 Å². The lowest BCUT2D eigenvalue weighted by atomic mass is 9.75. The van der Waals surface area contributed by atoms with Gasteiger partial charge >= 0.3 is 0 Å². The van der Waals surface area contributed by atoms with Crippen LogP contribution in [-0.4, -0.2) is 11.9 Å². The quantitative estimate of drug-likeness (QED) is 0.887. The van der Waals surface area contributed by atoms with E-state index in [9.17, 15) is 4.79 Å². The van der Waals surface area contributed by atoms with Crippen molar-refractivity contribution in [1.82, 2.24) is 5.32 Å². The molecular formula is C17H26N2O. The van der Waals surface area contributed by atoms with Crippen molar-refractivity contribution < 1.29 is 4.79 Å². The van der Waals surface area contributed by atoms with E-state index >= 15 is 0 Å². The van der Waals surface area contributed by atoms with Crippen LogP contribution in [-0.2, 0) is 17.8 Å². The number of rotatable bonds is 4. The summed E-state index contributed by atoms with van der Waals surface area (Å²) < 4.78 is 0. The van der Waals surface area contributed by atoms with Gasteiger partial charge in [-0.1, -0.05) is 44.5 Å². The molecule has 3 N–H and O–H groups in total. The van der Waals surface area contributed by atoms with E-state index in [-0.39, 0.29) is 5.91 Å². The maximum absolute atomic E-state index is 12.1. The number of nitrogens with one attached hydrogen (secondary N) is 1. The molecule has 1 saturated carbocycles. The second-order valence-corrected chi connectivity index (χ2v) is 6.72. The molecule has 0 spiro atoms. The van der Waals surface area contributed by atoms with Crippen molar-refractivity contribution in [1.29, 1.82) is 0 Å². The van der Waals surface area contributed by atoms with Gasteiger partial charge in [-0.3, -0.25) is 4.79 Å². The van der Waals surface area contributed by atoms with Crippen molar-refractivity contribution in [3.8, 4) is 0 Å². The molecule has 0 heterocycles. The van der Waals surface area contributed by atoms with Crippen LogP contribution in [0.3, 0.4) is 0 Å². The molecule has 2 rings (SSSR count). The molecule has 1 aliphatic carbocycles. The fourth-order valence-corrected chi connectivity index (χ4v) is 3.08. The first kappa shape index (κ1) is 15.0. The Balaban J connectivity index is 1.85. The highest BCUT2D eigenvalue weighted by Gasteiger charge is 2.28. The molecule has 1 aliphatic rings. The van der Waals surface area contributed by atoms with Gasteiger partial charge in [-0.15, -0.1) is 0 Å². The minimum Gasteiger partial charge on any atom is -0.353 e. The second-order valence-electron chi connectivity index (χ2n) is 6.72. The molecule has 20 heavy (non-hydrogen) atoms. The minimum absolute atomic E-state index is 0.133. The van der Waals surface area contributed by atoms with Crippen LogP contribution in [0.25, 0.3) is 0 Å². The molecule has 1 atom stereocenters. The number of carbonyl (C=O) groups excluding carboxylic acids is 1. The fraction of sp³-hybridized carbons (Fsp3) is 0.588. The van der Waals surface area contributed by atoms with Crippen LogP contribution in [0.2, 0.25) is 0 Å². The minimum atomic E-state index is 0.133. The Labute approximate surface area is 121 Å². The largest absolute Gasteiger partial charge is 0.353 e. The van der Waals surface area contributed by atoms with Gasteiger partial charge in [-0.05, 0) is 35.8 Å². The standard InChI is InChI=1S/C17H26N2O/c1-17(2)9-3-4-15(11-17)19-16(20)10-13-5-7-14(12-18)8-6-13/h5-8,15H,3-4,9-12,18H2,1-2H3,(H,19,20). The summed E-state index contributed by atoms with van der Waals surface area (Å²) in [5, 5.41) is 3.19. The molecule has 0 saturated heterocycles. The third-order valence-electron chi connectivity index (χ3n) is 4.19. The highest BCUT2D eigenvalue weighted by Crippen LogP contribution is 2.35. The molecule has 0 aromatic heterocycles. The molecule has 0 bridgehead atoms. The predicted octanol–water partition coefficient (Wildman–Crippen LogP) is 2.77. The Morgan fingerprint density at radius 2 is 1.95 bits per heavy atom. The van der Waals surface area contributed by atoms with Gasteiger partial charge in [0.05, 0.1) is 6.42 Å². The van der Waals surface area contributed by atoms with Crippen LogP contribution in [0.4, 0.5) is 0 Å². The topological polar surface area (TPSA) is 55.1 Å². The SMILES string of the molecule is CC1(C)CCCC(NC(=O)Cc2ccc(CN)cc2)C1. The van der Waals surface area contributed by atoms with Gasteiger partial charge in [0.25, 0.3) is 0 Å². The van der Waals surface area contributed by atoms with E-state index in [0.717, 1.165) is 24.0 Å². The van der Waals surface area contributed by atoms with Gasteiger partial charge in [-0.25, -0.2) is 0 Å². The van der Waals surface area contributed by atoms with Gasteiger partial charge in [0.1, 0.15) is 0 Å². The van der Waals surface area contributed by atoms with Crippen LogP contribution < -0.4 is 11.1 Å². The van der Waals surface area contributed by atoms with Crippen LogP contribution >= 0.6 is 0 Å². The Morgan fingerprint density at radius 3 is 2.55 bits per heavy atom. The van der Waals surface area contributed by atoms with E-state index in [1.807, 2.05) is 24.3 Å². The summed E-state index contributed by atoms with van der Waals surface area (Å²) in [6.07, 6.45) is 5.14. The Hall–Kier alpha value is -1.35. The molecule has 1 fully saturated rings. The zero-order valence-electron chi connectivity index (χ0n) is 12.6. The van der Waals surface area contributed by atoms with Gasteiger partial charge in [-0.2, -0.15) is 0 Å². The molecule has 3 nitrogen and oxygen atoms in total. The molecule has 0 aliphatic heterocycles. The first-order valence-electron chi connectivity index (χ1n) is 7.56. The molecule has 1 aromatic rings. The Bertz CT molecular complexity index is 451. The van der Waals surface area contributed by atoms with E-state index in [4.69, 9.17) is 5.73 Å². The zero-order valence-corrected chi connectivity index (χ0v) is 12.6. The van der Waals surface area contributed by atoms with Crippen LogP contribution in [0.15, 0.2) is 24.3 Å². The first-order valence-corrected chi connectivity index (χ1v) is 7.56. The van der Waals surface area contributed by atoms with Gasteiger partial charge in [0.15, 0.2) is 0 Å².